The van der Waals surface area contributed by atoms with Gasteiger partial charge in [0.2, 0.25) is 0 Å². The summed E-state index contributed by atoms with van der Waals surface area (Å²) in [5, 5.41) is 3.07. The van der Waals surface area contributed by atoms with E-state index in [-0.39, 0.29) is 5.91 Å². The number of benzene rings is 2. The molecule has 0 saturated heterocycles. The van der Waals surface area contributed by atoms with Gasteiger partial charge >= 0.3 is 0 Å². The van der Waals surface area contributed by atoms with Crippen LogP contribution in [0.15, 0.2) is 77.7 Å². The molecular weight excluding hydrogens is 388 g/mol. The van der Waals surface area contributed by atoms with Crippen LogP contribution in [0.3, 0.4) is 0 Å². The Morgan fingerprint density at radius 3 is 2.81 bits per heavy atom. The van der Waals surface area contributed by atoms with Gasteiger partial charge in [-0.05, 0) is 36.6 Å². The van der Waals surface area contributed by atoms with Crippen molar-refractivity contribution in [3.05, 3.63) is 90.1 Å². The molecule has 156 valence electrons. The van der Waals surface area contributed by atoms with Crippen molar-refractivity contribution in [3.8, 4) is 0 Å². The summed E-state index contributed by atoms with van der Waals surface area (Å²) in [6, 6.07) is 20.0. The van der Waals surface area contributed by atoms with Crippen molar-refractivity contribution in [1.82, 2.24) is 19.4 Å². The Balaban J connectivity index is 1.28. The van der Waals surface area contributed by atoms with Gasteiger partial charge in [-0.25, -0.2) is 4.98 Å². The van der Waals surface area contributed by atoms with Crippen molar-refractivity contribution in [2.24, 2.45) is 0 Å². The minimum Gasteiger partial charge on any atom is -0.463 e. The Morgan fingerprint density at radius 2 is 1.90 bits per heavy atom. The van der Waals surface area contributed by atoms with Crippen molar-refractivity contribution in [3.63, 3.8) is 0 Å². The zero-order valence-electron chi connectivity index (χ0n) is 17.4. The quantitative estimate of drug-likeness (QED) is 0.392. The Bertz CT molecular complexity index is 1360. The van der Waals surface area contributed by atoms with E-state index in [0.717, 1.165) is 35.1 Å². The standard InChI is InChI=1S/C25H24N4O2/c1-18-7-2-3-8-19(18)16-29-22-11-14-31-24(22)15-23(29)25(30)26-12-6-13-28-17-27-20-9-4-5-10-21(20)28/h2-5,7-11,14-15,17H,6,12-13,16H2,1H3,(H,26,30). The summed E-state index contributed by atoms with van der Waals surface area (Å²) < 4.78 is 9.71. The van der Waals surface area contributed by atoms with E-state index >= 15 is 0 Å². The van der Waals surface area contributed by atoms with Crippen molar-refractivity contribution in [1.29, 1.82) is 0 Å². The molecule has 5 rings (SSSR count). The van der Waals surface area contributed by atoms with Gasteiger partial charge < -0.3 is 18.9 Å². The minimum absolute atomic E-state index is 0.0875. The third-order valence-electron chi connectivity index (χ3n) is 5.73. The highest BCUT2D eigenvalue weighted by Gasteiger charge is 2.18. The molecule has 0 unspecified atom stereocenters. The Labute approximate surface area is 180 Å². The van der Waals surface area contributed by atoms with Gasteiger partial charge in [-0.2, -0.15) is 0 Å². The van der Waals surface area contributed by atoms with E-state index < -0.39 is 0 Å². The zero-order chi connectivity index (χ0) is 21.2. The number of carbonyl (C=O) groups is 1. The molecule has 0 aliphatic carbocycles. The summed E-state index contributed by atoms with van der Waals surface area (Å²) in [6.07, 6.45) is 4.34. The number of aromatic nitrogens is 3. The molecule has 0 aliphatic rings. The lowest BCUT2D eigenvalue weighted by Crippen LogP contribution is -2.27. The lowest BCUT2D eigenvalue weighted by molar-refractivity contribution is 0.0944. The van der Waals surface area contributed by atoms with E-state index in [9.17, 15) is 4.79 Å². The Hall–Kier alpha value is -3.80. The highest BCUT2D eigenvalue weighted by Crippen LogP contribution is 2.23. The normalized spacial score (nSPS) is 11.4. The number of aryl methyl sites for hydroxylation is 2. The molecule has 3 aromatic heterocycles. The highest BCUT2D eigenvalue weighted by atomic mass is 16.3. The molecule has 0 fully saturated rings. The van der Waals surface area contributed by atoms with Crippen LogP contribution in [0.2, 0.25) is 0 Å². The molecule has 0 radical (unpaired) electrons. The molecule has 0 aliphatic heterocycles. The molecule has 0 bridgehead atoms. The maximum Gasteiger partial charge on any atom is 0.268 e. The zero-order valence-corrected chi connectivity index (χ0v) is 17.4. The molecule has 0 atom stereocenters. The summed E-state index contributed by atoms with van der Waals surface area (Å²) in [6.45, 7) is 4.10. The van der Waals surface area contributed by atoms with Crippen molar-refractivity contribution >= 4 is 28.0 Å². The molecule has 31 heavy (non-hydrogen) atoms. The second-order valence-corrected chi connectivity index (χ2v) is 7.75. The first-order valence-electron chi connectivity index (χ1n) is 10.5. The molecule has 0 spiro atoms. The van der Waals surface area contributed by atoms with Gasteiger partial charge in [0.1, 0.15) is 5.69 Å². The second kappa shape index (κ2) is 8.14. The number of amides is 1. The first kappa shape index (κ1) is 19.2. The van der Waals surface area contributed by atoms with E-state index in [2.05, 4.69) is 40.0 Å². The fourth-order valence-corrected chi connectivity index (χ4v) is 4.02. The average molecular weight is 412 g/mol. The summed E-state index contributed by atoms with van der Waals surface area (Å²) in [4.78, 5) is 17.4. The molecular formula is C25H24N4O2. The molecule has 1 N–H and O–H groups in total. The number of imidazole rings is 1. The smallest absolute Gasteiger partial charge is 0.268 e. The third kappa shape index (κ3) is 3.72. The van der Waals surface area contributed by atoms with Crippen LogP contribution in [-0.4, -0.2) is 26.6 Å². The molecule has 5 aromatic rings. The van der Waals surface area contributed by atoms with Crippen LogP contribution in [0.4, 0.5) is 0 Å². The number of para-hydroxylation sites is 2. The lowest BCUT2D eigenvalue weighted by atomic mass is 10.1. The van der Waals surface area contributed by atoms with E-state index in [1.54, 1.807) is 6.26 Å². The van der Waals surface area contributed by atoms with Crippen molar-refractivity contribution < 1.29 is 9.21 Å². The first-order valence-corrected chi connectivity index (χ1v) is 10.5. The number of nitrogens with one attached hydrogen (secondary N) is 1. The van der Waals surface area contributed by atoms with Gasteiger partial charge in [0.25, 0.3) is 5.91 Å². The maximum absolute atomic E-state index is 13.0. The molecule has 6 nitrogen and oxygen atoms in total. The maximum atomic E-state index is 13.0. The van der Waals surface area contributed by atoms with Gasteiger partial charge in [-0.3, -0.25) is 4.79 Å². The Morgan fingerprint density at radius 1 is 1.06 bits per heavy atom. The number of rotatable bonds is 7. The van der Waals surface area contributed by atoms with E-state index in [4.69, 9.17) is 4.42 Å². The fourth-order valence-electron chi connectivity index (χ4n) is 4.02. The first-order chi connectivity index (χ1) is 15.2. The van der Waals surface area contributed by atoms with Gasteiger partial charge in [0, 0.05) is 31.8 Å². The van der Waals surface area contributed by atoms with E-state index in [0.29, 0.717) is 18.8 Å². The van der Waals surface area contributed by atoms with Crippen LogP contribution in [-0.2, 0) is 13.1 Å². The SMILES string of the molecule is Cc1ccccc1Cn1c(C(=O)NCCCn2cnc3ccccc32)cc2occc21. The van der Waals surface area contributed by atoms with E-state index in [1.807, 2.05) is 53.4 Å². The summed E-state index contributed by atoms with van der Waals surface area (Å²) >= 11 is 0. The van der Waals surface area contributed by atoms with Crippen LogP contribution in [0.25, 0.3) is 22.1 Å². The van der Waals surface area contributed by atoms with Crippen molar-refractivity contribution in [2.45, 2.75) is 26.4 Å². The monoisotopic (exact) mass is 412 g/mol. The molecule has 0 saturated carbocycles. The van der Waals surface area contributed by atoms with Crippen molar-refractivity contribution in [2.75, 3.05) is 6.54 Å². The predicted octanol–water partition coefficient (Wildman–Crippen LogP) is 4.76. The third-order valence-corrected chi connectivity index (χ3v) is 5.73. The topological polar surface area (TPSA) is 65.0 Å². The number of fused-ring (bicyclic) bond motifs is 2. The van der Waals surface area contributed by atoms with Crippen LogP contribution >= 0.6 is 0 Å². The highest BCUT2D eigenvalue weighted by molar-refractivity contribution is 5.97. The molecule has 2 aromatic carbocycles. The number of hydrogen-bond donors (Lipinski definition) is 1. The summed E-state index contributed by atoms with van der Waals surface area (Å²) in [7, 11) is 0. The fraction of sp³-hybridized carbons (Fsp3) is 0.200. The number of nitrogens with zero attached hydrogens (tertiary/aromatic N) is 3. The second-order valence-electron chi connectivity index (χ2n) is 7.75. The lowest BCUT2D eigenvalue weighted by Gasteiger charge is -2.12. The van der Waals surface area contributed by atoms with E-state index in [1.165, 1.54) is 11.1 Å². The predicted molar refractivity (Wildman–Crippen MR) is 121 cm³/mol. The van der Waals surface area contributed by atoms with Gasteiger partial charge in [0.15, 0.2) is 5.58 Å². The number of carbonyl (C=O) groups excluding carboxylic acids is 1. The molecule has 3 heterocycles. The van der Waals surface area contributed by atoms with Gasteiger partial charge in [-0.15, -0.1) is 0 Å². The summed E-state index contributed by atoms with van der Waals surface area (Å²) in [5.74, 6) is -0.0875. The summed E-state index contributed by atoms with van der Waals surface area (Å²) in [5.41, 5.74) is 6.76. The molecule has 1 amide bonds. The van der Waals surface area contributed by atoms with Crippen LogP contribution in [0.5, 0.6) is 0 Å². The number of hydrogen-bond acceptors (Lipinski definition) is 3. The molecule has 6 heteroatoms. The van der Waals surface area contributed by atoms with Gasteiger partial charge in [0.05, 0.1) is 29.1 Å². The number of furan rings is 1. The van der Waals surface area contributed by atoms with Crippen LogP contribution in [0.1, 0.15) is 28.0 Å². The largest absolute Gasteiger partial charge is 0.463 e. The van der Waals surface area contributed by atoms with Crippen LogP contribution in [0, 0.1) is 6.92 Å². The minimum atomic E-state index is -0.0875. The average Bonchev–Trinajstić information content (AvgIpc) is 3.48. The van der Waals surface area contributed by atoms with Crippen LogP contribution < -0.4 is 5.32 Å². The Kier molecular flexibility index (Phi) is 5.04. The van der Waals surface area contributed by atoms with Gasteiger partial charge in [-0.1, -0.05) is 36.4 Å².